The van der Waals surface area contributed by atoms with E-state index in [1.165, 1.54) is 0 Å². The van der Waals surface area contributed by atoms with Gasteiger partial charge in [0.2, 0.25) is 0 Å². The van der Waals surface area contributed by atoms with Crippen molar-refractivity contribution in [2.45, 2.75) is 46.5 Å². The van der Waals surface area contributed by atoms with E-state index in [1.54, 1.807) is 39.6 Å². The minimum absolute atomic E-state index is 0.193. The molecule has 0 saturated heterocycles. The van der Waals surface area contributed by atoms with Crippen LogP contribution in [0.2, 0.25) is 0 Å². The second kappa shape index (κ2) is 10.4. The molecule has 0 aromatic rings. The normalized spacial score (nSPS) is 13.1. The van der Waals surface area contributed by atoms with Crippen molar-refractivity contribution < 1.29 is 28.8 Å². The first kappa shape index (κ1) is 20.7. The van der Waals surface area contributed by atoms with E-state index in [0.717, 1.165) is 0 Å². The molecule has 0 aromatic heterocycles. The summed E-state index contributed by atoms with van der Waals surface area (Å²) in [5.74, 6) is -3.67. The predicted octanol–water partition coefficient (Wildman–Crippen LogP) is 1.36. The van der Waals surface area contributed by atoms with Gasteiger partial charge in [-0.25, -0.2) is 4.90 Å². The van der Waals surface area contributed by atoms with Crippen molar-refractivity contribution in [1.29, 1.82) is 0 Å². The maximum atomic E-state index is 10.9. The van der Waals surface area contributed by atoms with Gasteiger partial charge in [0.1, 0.15) is 6.73 Å². The van der Waals surface area contributed by atoms with Crippen LogP contribution in [0, 0.1) is 0 Å². The molecule has 21 heavy (non-hydrogen) atoms. The van der Waals surface area contributed by atoms with Gasteiger partial charge >= 0.3 is 11.9 Å². The van der Waals surface area contributed by atoms with Gasteiger partial charge in [-0.1, -0.05) is 0 Å². The van der Waals surface area contributed by atoms with Crippen molar-refractivity contribution in [3.8, 4) is 0 Å². The van der Waals surface area contributed by atoms with E-state index < -0.39 is 11.9 Å². The smallest absolute Gasteiger partial charge is 0.354 e. The first-order valence-corrected chi connectivity index (χ1v) is 7.54. The second-order valence-corrected chi connectivity index (χ2v) is 4.22. The van der Waals surface area contributed by atoms with Crippen molar-refractivity contribution in [1.82, 2.24) is 4.90 Å². The summed E-state index contributed by atoms with van der Waals surface area (Å²) in [7, 11) is 1.71. The zero-order valence-corrected chi connectivity index (χ0v) is 14.2. The third-order valence-electron chi connectivity index (χ3n) is 2.75. The van der Waals surface area contributed by atoms with Gasteiger partial charge in [0.05, 0.1) is 0 Å². The molecule has 0 heterocycles. The zero-order valence-electron chi connectivity index (χ0n) is 14.2. The monoisotopic (exact) mass is 309 g/mol. The lowest BCUT2D eigenvalue weighted by atomic mass is 10.3. The van der Waals surface area contributed by atoms with Crippen LogP contribution in [-0.4, -0.2) is 68.7 Å². The predicted molar refractivity (Wildman–Crippen MR) is 78.4 cm³/mol. The molecule has 0 aliphatic heterocycles. The average Bonchev–Trinajstić information content (AvgIpc) is 2.44. The van der Waals surface area contributed by atoms with Gasteiger partial charge in [0.25, 0.3) is 0 Å². The van der Waals surface area contributed by atoms with Crippen LogP contribution in [-0.2, 0) is 23.7 Å². The number of nitrogens with zero attached hydrogens (tertiary/aromatic N) is 1. The van der Waals surface area contributed by atoms with Gasteiger partial charge in [0, 0.05) is 33.0 Å². The summed E-state index contributed by atoms with van der Waals surface area (Å²) in [6.45, 7) is 10.8. The Balaban J connectivity index is 5.57. The highest BCUT2D eigenvalue weighted by molar-refractivity contribution is 4.79. The Bertz CT molecular complexity index is 252. The Kier molecular flexibility index (Phi) is 10.3. The number of hydrogen-bond donors (Lipinski definition) is 1. The number of aliphatic hydroxyl groups is 1. The zero-order chi connectivity index (χ0) is 16.4. The summed E-state index contributed by atoms with van der Waals surface area (Å²) < 4.78 is 27.7. The Morgan fingerprint density at radius 2 is 1.19 bits per heavy atom. The first-order chi connectivity index (χ1) is 9.97. The summed E-state index contributed by atoms with van der Waals surface area (Å²) in [4.78, 5) is 1.59. The summed E-state index contributed by atoms with van der Waals surface area (Å²) >= 11 is 0. The van der Waals surface area contributed by atoms with Crippen LogP contribution in [0.4, 0.5) is 0 Å². The topological polar surface area (TPSA) is 69.6 Å². The quantitative estimate of drug-likeness (QED) is 0.515. The number of hydrogen-bond acceptors (Lipinski definition) is 7. The number of rotatable bonds is 13. The van der Waals surface area contributed by atoms with Crippen molar-refractivity contribution >= 4 is 0 Å². The molecule has 0 atom stereocenters. The molecule has 7 heteroatoms. The molecule has 0 unspecified atom stereocenters. The lowest BCUT2D eigenvalue weighted by Crippen LogP contribution is -2.69. The van der Waals surface area contributed by atoms with Gasteiger partial charge < -0.3 is 28.8 Å². The van der Waals surface area contributed by atoms with E-state index in [2.05, 4.69) is 0 Å². The Hall–Kier alpha value is -0.280. The molecule has 0 fully saturated rings. The number of ether oxygens (including phenoxy) is 5. The van der Waals surface area contributed by atoms with Crippen molar-refractivity contribution in [2.24, 2.45) is 0 Å². The molecule has 0 aliphatic carbocycles. The van der Waals surface area contributed by atoms with Gasteiger partial charge in [0.15, 0.2) is 0 Å². The largest absolute Gasteiger partial charge is 0.366 e. The van der Waals surface area contributed by atoms with Crippen LogP contribution < -0.4 is 0 Å². The summed E-state index contributed by atoms with van der Waals surface area (Å²) in [6.07, 6.45) is 0. The summed E-state index contributed by atoms with van der Waals surface area (Å²) in [5, 5.41) is 10.9. The van der Waals surface area contributed by atoms with Crippen LogP contribution in [0.25, 0.3) is 0 Å². The molecule has 0 radical (unpaired) electrons. The lowest BCUT2D eigenvalue weighted by molar-refractivity contribution is -0.521. The Labute approximate surface area is 128 Å². The molecular formula is C14H31NO6. The minimum Gasteiger partial charge on any atom is -0.366 e. The maximum absolute atomic E-state index is 10.9. The fourth-order valence-electron chi connectivity index (χ4n) is 2.01. The van der Waals surface area contributed by atoms with Crippen molar-refractivity contribution in [2.75, 3.05) is 46.8 Å². The van der Waals surface area contributed by atoms with Crippen LogP contribution >= 0.6 is 0 Å². The molecule has 0 saturated carbocycles. The fraction of sp³-hybridized carbons (Fsp3) is 1.00. The van der Waals surface area contributed by atoms with Crippen molar-refractivity contribution in [3.05, 3.63) is 0 Å². The first-order valence-electron chi connectivity index (χ1n) is 7.54. The fourth-order valence-corrected chi connectivity index (χ4v) is 2.01. The second-order valence-electron chi connectivity index (χ2n) is 4.22. The van der Waals surface area contributed by atoms with Gasteiger partial charge in [-0.15, -0.1) is 0 Å². The van der Waals surface area contributed by atoms with Crippen LogP contribution in [0.3, 0.4) is 0 Å². The highest BCUT2D eigenvalue weighted by Crippen LogP contribution is 2.33. The van der Waals surface area contributed by atoms with E-state index in [-0.39, 0.29) is 19.9 Å². The maximum Gasteiger partial charge on any atom is 0.354 e. The van der Waals surface area contributed by atoms with E-state index in [9.17, 15) is 5.11 Å². The van der Waals surface area contributed by atoms with Gasteiger partial charge in [-0.05, 0) is 41.7 Å². The van der Waals surface area contributed by atoms with Crippen molar-refractivity contribution in [3.63, 3.8) is 0 Å². The average molecular weight is 309 g/mol. The molecule has 128 valence electrons. The van der Waals surface area contributed by atoms with E-state index in [4.69, 9.17) is 23.7 Å². The minimum atomic E-state index is -2.06. The molecule has 0 bridgehead atoms. The Morgan fingerprint density at radius 3 is 1.52 bits per heavy atom. The highest BCUT2D eigenvalue weighted by atomic mass is 16.9. The standard InChI is InChI=1S/C14H31NO6/c1-7-17-12-15(6)13(18-8-2,19-9-3)14(16,20-10-4)21-11-5/h16H,7-12H2,1-6H3. The molecule has 0 aromatic carbocycles. The van der Waals surface area contributed by atoms with Crippen LogP contribution in [0.5, 0.6) is 0 Å². The molecule has 0 rings (SSSR count). The third kappa shape index (κ3) is 5.14. The summed E-state index contributed by atoms with van der Waals surface area (Å²) in [6, 6.07) is 0. The molecule has 7 nitrogen and oxygen atoms in total. The molecule has 1 N–H and O–H groups in total. The third-order valence-corrected chi connectivity index (χ3v) is 2.75. The van der Waals surface area contributed by atoms with E-state index in [0.29, 0.717) is 19.8 Å². The lowest BCUT2D eigenvalue weighted by Gasteiger charge is -2.48. The van der Waals surface area contributed by atoms with Crippen LogP contribution in [0.15, 0.2) is 0 Å². The molecule has 0 amide bonds. The Morgan fingerprint density at radius 1 is 0.762 bits per heavy atom. The van der Waals surface area contributed by atoms with Gasteiger partial charge in [-0.3, -0.25) is 0 Å². The molecule has 0 aliphatic rings. The SMILES string of the molecule is CCOCN(C)C(OCC)(OCC)C(O)(OCC)OCC. The highest BCUT2D eigenvalue weighted by Gasteiger charge is 2.59. The molecule has 0 spiro atoms. The van der Waals surface area contributed by atoms with Gasteiger partial charge in [-0.2, -0.15) is 0 Å². The summed E-state index contributed by atoms with van der Waals surface area (Å²) in [5.41, 5.74) is 0. The number of likely N-dealkylation sites (N-methyl/N-ethyl adjacent to an activating group) is 1. The van der Waals surface area contributed by atoms with E-state index >= 15 is 0 Å². The van der Waals surface area contributed by atoms with E-state index in [1.807, 2.05) is 6.92 Å². The van der Waals surface area contributed by atoms with Crippen LogP contribution in [0.1, 0.15) is 34.6 Å². The molecular weight excluding hydrogens is 278 g/mol.